The molecule has 0 aliphatic rings. The van der Waals surface area contributed by atoms with Gasteiger partial charge in [-0.05, 0) is 13.8 Å². The first-order chi connectivity index (χ1) is 5.20. The average molecular weight is 156 g/mol. The third kappa shape index (κ3) is 5.37. The molecule has 4 nitrogen and oxygen atoms in total. The second kappa shape index (κ2) is 5.69. The number of amides is 1. The Balaban J connectivity index is 3.46. The van der Waals surface area contributed by atoms with E-state index in [4.69, 9.17) is 5.26 Å². The molecule has 0 fully saturated rings. The molecule has 0 spiro atoms. The first kappa shape index (κ1) is 9.92. The van der Waals surface area contributed by atoms with Crippen molar-refractivity contribution in [3.8, 4) is 6.07 Å². The number of hydroxylamine groups is 1. The summed E-state index contributed by atoms with van der Waals surface area (Å²) >= 11 is 0. The second-order valence-corrected chi connectivity index (χ2v) is 2.19. The zero-order valence-electron chi connectivity index (χ0n) is 6.76. The Labute approximate surface area is 66.1 Å². The SMILES string of the molecule is CCONC(=O)CC(C)C#N. The van der Waals surface area contributed by atoms with Gasteiger partial charge in [-0.15, -0.1) is 0 Å². The molecule has 0 aromatic carbocycles. The Morgan fingerprint density at radius 2 is 2.45 bits per heavy atom. The molecular formula is C7H12N2O2. The van der Waals surface area contributed by atoms with Crippen LogP contribution in [0.2, 0.25) is 0 Å². The minimum atomic E-state index is -0.254. The van der Waals surface area contributed by atoms with Crippen molar-refractivity contribution >= 4 is 5.91 Å². The third-order valence-electron chi connectivity index (χ3n) is 1.04. The lowest BCUT2D eigenvalue weighted by atomic mass is 10.1. The van der Waals surface area contributed by atoms with E-state index in [1.165, 1.54) is 0 Å². The van der Waals surface area contributed by atoms with Crippen LogP contribution in [0, 0.1) is 17.2 Å². The van der Waals surface area contributed by atoms with Crippen LogP contribution >= 0.6 is 0 Å². The van der Waals surface area contributed by atoms with Crippen molar-refractivity contribution < 1.29 is 9.63 Å². The number of nitriles is 1. The summed E-state index contributed by atoms with van der Waals surface area (Å²) in [5.41, 5.74) is 2.21. The van der Waals surface area contributed by atoms with Gasteiger partial charge in [-0.25, -0.2) is 5.48 Å². The number of rotatable bonds is 4. The van der Waals surface area contributed by atoms with Crippen molar-refractivity contribution in [2.75, 3.05) is 6.61 Å². The second-order valence-electron chi connectivity index (χ2n) is 2.19. The van der Waals surface area contributed by atoms with Crippen molar-refractivity contribution in [3.05, 3.63) is 0 Å². The molecule has 1 atom stereocenters. The molecule has 0 aromatic heterocycles. The standard InChI is InChI=1S/C7H12N2O2/c1-3-11-9-7(10)4-6(2)5-8/h6H,3-4H2,1-2H3,(H,9,10). The maximum atomic E-state index is 10.8. The monoisotopic (exact) mass is 156 g/mol. The first-order valence-corrected chi connectivity index (χ1v) is 3.51. The molecule has 62 valence electrons. The Morgan fingerprint density at radius 3 is 2.91 bits per heavy atom. The van der Waals surface area contributed by atoms with Crippen molar-refractivity contribution in [1.29, 1.82) is 5.26 Å². The molecule has 1 N–H and O–H groups in total. The Bertz CT molecular complexity index is 162. The summed E-state index contributed by atoms with van der Waals surface area (Å²) in [6.07, 6.45) is 0.191. The minimum absolute atomic E-state index is 0.191. The van der Waals surface area contributed by atoms with E-state index in [9.17, 15) is 4.79 Å². The summed E-state index contributed by atoms with van der Waals surface area (Å²) in [5, 5.41) is 8.34. The predicted molar refractivity (Wildman–Crippen MR) is 39.2 cm³/mol. The van der Waals surface area contributed by atoms with Gasteiger partial charge in [-0.1, -0.05) is 0 Å². The summed E-state index contributed by atoms with van der Waals surface area (Å²) < 4.78 is 0. The maximum Gasteiger partial charge on any atom is 0.244 e. The molecule has 0 bridgehead atoms. The van der Waals surface area contributed by atoms with Crippen LogP contribution in [-0.4, -0.2) is 12.5 Å². The van der Waals surface area contributed by atoms with Gasteiger partial charge in [0.25, 0.3) is 0 Å². The number of hydrogen-bond acceptors (Lipinski definition) is 3. The molecule has 0 aliphatic heterocycles. The largest absolute Gasteiger partial charge is 0.274 e. The van der Waals surface area contributed by atoms with Crippen LogP contribution in [0.15, 0.2) is 0 Å². The molecule has 1 amide bonds. The van der Waals surface area contributed by atoms with Gasteiger partial charge in [-0.2, -0.15) is 5.26 Å². The summed E-state index contributed by atoms with van der Waals surface area (Å²) in [5.74, 6) is -0.503. The van der Waals surface area contributed by atoms with Crippen LogP contribution in [0.25, 0.3) is 0 Å². The van der Waals surface area contributed by atoms with Crippen LogP contribution in [0.4, 0.5) is 0 Å². The van der Waals surface area contributed by atoms with Gasteiger partial charge in [0.05, 0.1) is 18.6 Å². The summed E-state index contributed by atoms with van der Waals surface area (Å²) in [6, 6.07) is 1.96. The molecule has 0 aromatic rings. The van der Waals surface area contributed by atoms with Crippen LogP contribution in [0.5, 0.6) is 0 Å². The van der Waals surface area contributed by atoms with Crippen molar-refractivity contribution in [2.45, 2.75) is 20.3 Å². The lowest BCUT2D eigenvalue weighted by molar-refractivity contribution is -0.133. The van der Waals surface area contributed by atoms with Crippen molar-refractivity contribution in [2.24, 2.45) is 5.92 Å². The van der Waals surface area contributed by atoms with Crippen molar-refractivity contribution in [3.63, 3.8) is 0 Å². The highest BCUT2D eigenvalue weighted by Gasteiger charge is 2.06. The van der Waals surface area contributed by atoms with Crippen LogP contribution < -0.4 is 5.48 Å². The zero-order valence-corrected chi connectivity index (χ0v) is 6.76. The summed E-state index contributed by atoms with van der Waals surface area (Å²) in [7, 11) is 0. The Hall–Kier alpha value is -1.08. The van der Waals surface area contributed by atoms with Crippen molar-refractivity contribution in [1.82, 2.24) is 5.48 Å². The molecule has 1 unspecified atom stereocenters. The number of nitrogens with one attached hydrogen (secondary N) is 1. The van der Waals surface area contributed by atoms with E-state index in [2.05, 4.69) is 10.3 Å². The highest BCUT2D eigenvalue weighted by molar-refractivity contribution is 5.75. The quantitative estimate of drug-likeness (QED) is 0.606. The summed E-state index contributed by atoms with van der Waals surface area (Å²) in [4.78, 5) is 15.4. The normalized spacial score (nSPS) is 11.7. The van der Waals surface area contributed by atoms with Crippen LogP contribution in [0.1, 0.15) is 20.3 Å². The van der Waals surface area contributed by atoms with Gasteiger partial charge in [-0.3, -0.25) is 9.63 Å². The Kier molecular flexibility index (Phi) is 5.13. The number of hydrogen-bond donors (Lipinski definition) is 1. The highest BCUT2D eigenvalue weighted by atomic mass is 16.6. The van der Waals surface area contributed by atoms with E-state index in [0.29, 0.717) is 6.61 Å². The van der Waals surface area contributed by atoms with Gasteiger partial charge in [0.15, 0.2) is 0 Å². The Morgan fingerprint density at radius 1 is 1.82 bits per heavy atom. The van der Waals surface area contributed by atoms with Gasteiger partial charge in [0.2, 0.25) is 5.91 Å². The summed E-state index contributed by atoms with van der Waals surface area (Å²) in [6.45, 7) is 3.90. The average Bonchev–Trinajstić information content (AvgIpc) is 2.00. The zero-order chi connectivity index (χ0) is 8.69. The smallest absolute Gasteiger partial charge is 0.244 e. The van der Waals surface area contributed by atoms with Crippen LogP contribution in [0.3, 0.4) is 0 Å². The van der Waals surface area contributed by atoms with Gasteiger partial charge in [0.1, 0.15) is 0 Å². The predicted octanol–water partition coefficient (Wildman–Crippen LogP) is 0.604. The van der Waals surface area contributed by atoms with E-state index in [0.717, 1.165) is 0 Å². The fourth-order valence-electron chi connectivity index (χ4n) is 0.518. The van der Waals surface area contributed by atoms with E-state index in [1.54, 1.807) is 13.8 Å². The molecule has 4 heteroatoms. The number of nitrogens with zero attached hydrogens (tertiary/aromatic N) is 1. The highest BCUT2D eigenvalue weighted by Crippen LogP contribution is 1.97. The van der Waals surface area contributed by atoms with Gasteiger partial charge < -0.3 is 0 Å². The molecule has 0 aliphatic carbocycles. The van der Waals surface area contributed by atoms with E-state index < -0.39 is 0 Å². The van der Waals surface area contributed by atoms with E-state index in [-0.39, 0.29) is 18.2 Å². The molecule has 11 heavy (non-hydrogen) atoms. The molecular weight excluding hydrogens is 144 g/mol. The lowest BCUT2D eigenvalue weighted by Crippen LogP contribution is -2.24. The molecule has 0 radical (unpaired) electrons. The van der Waals surface area contributed by atoms with Gasteiger partial charge >= 0.3 is 0 Å². The third-order valence-corrected chi connectivity index (χ3v) is 1.04. The fraction of sp³-hybridized carbons (Fsp3) is 0.714. The van der Waals surface area contributed by atoms with Gasteiger partial charge in [0, 0.05) is 6.42 Å². The molecule has 0 heterocycles. The van der Waals surface area contributed by atoms with Crippen LogP contribution in [-0.2, 0) is 9.63 Å². The minimum Gasteiger partial charge on any atom is -0.274 e. The maximum absolute atomic E-state index is 10.8. The van der Waals surface area contributed by atoms with E-state index >= 15 is 0 Å². The first-order valence-electron chi connectivity index (χ1n) is 3.51. The topological polar surface area (TPSA) is 62.1 Å². The number of carbonyl (C=O) groups excluding carboxylic acids is 1. The number of carbonyl (C=O) groups is 1. The van der Waals surface area contributed by atoms with E-state index in [1.807, 2.05) is 6.07 Å². The molecule has 0 saturated carbocycles. The molecule has 0 rings (SSSR count). The molecule has 0 saturated heterocycles. The lowest BCUT2D eigenvalue weighted by Gasteiger charge is -2.03. The fourth-order valence-corrected chi connectivity index (χ4v) is 0.518.